The maximum absolute atomic E-state index is 13.6. The number of sulfonamides is 1. The van der Waals surface area contributed by atoms with Crippen LogP contribution < -0.4 is 10.0 Å². The van der Waals surface area contributed by atoms with Gasteiger partial charge < -0.3 is 5.32 Å². The number of nitrogens with one attached hydrogen (secondary N) is 2. The first-order valence-electron chi connectivity index (χ1n) is 12.1. The Morgan fingerprint density at radius 1 is 1.00 bits per heavy atom. The molecule has 2 aliphatic carbocycles. The van der Waals surface area contributed by atoms with Crippen LogP contribution in [0.5, 0.6) is 0 Å². The van der Waals surface area contributed by atoms with Crippen molar-refractivity contribution in [2.45, 2.75) is 61.8 Å². The third kappa shape index (κ3) is 5.14. The topological polar surface area (TPSA) is 70.6 Å². The number of nitrogens with zero attached hydrogens (tertiary/aromatic N) is 1. The molecule has 5 nitrogen and oxygen atoms in total. The first kappa shape index (κ1) is 22.5. The van der Waals surface area contributed by atoms with E-state index in [1.165, 1.54) is 5.56 Å². The van der Waals surface area contributed by atoms with Crippen molar-refractivity contribution < 1.29 is 12.8 Å². The van der Waals surface area contributed by atoms with E-state index < -0.39 is 10.0 Å². The number of hydrogen-bond acceptors (Lipinski definition) is 3. The Morgan fingerprint density at radius 2 is 1.76 bits per heavy atom. The van der Waals surface area contributed by atoms with E-state index in [0.717, 1.165) is 62.9 Å². The van der Waals surface area contributed by atoms with Crippen molar-refractivity contribution >= 4 is 15.9 Å². The Bertz CT molecular complexity index is 1110. The highest BCUT2D eigenvalue weighted by Crippen LogP contribution is 2.38. The van der Waals surface area contributed by atoms with Crippen LogP contribution in [0.2, 0.25) is 0 Å². The summed E-state index contributed by atoms with van der Waals surface area (Å²) in [6.07, 6.45) is 7.11. The van der Waals surface area contributed by atoms with E-state index in [-0.39, 0.29) is 5.82 Å². The molecule has 0 unspecified atom stereocenters. The molecule has 0 amide bonds. The highest BCUT2D eigenvalue weighted by molar-refractivity contribution is 7.89. The van der Waals surface area contributed by atoms with E-state index in [9.17, 15) is 12.8 Å². The van der Waals surface area contributed by atoms with Crippen molar-refractivity contribution in [3.63, 3.8) is 0 Å². The van der Waals surface area contributed by atoms with Crippen LogP contribution in [0.1, 0.15) is 55.6 Å². The number of fused-ring (bicyclic) bond motifs is 3. The van der Waals surface area contributed by atoms with Crippen LogP contribution in [-0.2, 0) is 16.4 Å². The zero-order chi connectivity index (χ0) is 22.8. The number of hydrogen-bond donors (Lipinski definition) is 2. The summed E-state index contributed by atoms with van der Waals surface area (Å²) >= 11 is 0. The monoisotopic (exact) mass is 469 g/mol. The zero-order valence-corrected chi connectivity index (χ0v) is 19.7. The Hall–Kier alpha value is -2.25. The Morgan fingerprint density at radius 3 is 2.55 bits per heavy atom. The first-order valence-corrected chi connectivity index (χ1v) is 13.6. The molecule has 2 fully saturated rings. The van der Waals surface area contributed by atoms with Gasteiger partial charge in [-0.25, -0.2) is 17.5 Å². The van der Waals surface area contributed by atoms with Crippen LogP contribution >= 0.6 is 0 Å². The molecular weight excluding hydrogens is 437 g/mol. The second-order valence-electron chi connectivity index (χ2n) is 9.78. The summed E-state index contributed by atoms with van der Waals surface area (Å²) in [6.45, 7) is 1.34. The van der Waals surface area contributed by atoms with E-state index in [2.05, 4.69) is 10.0 Å². The van der Waals surface area contributed by atoms with E-state index in [0.29, 0.717) is 35.2 Å². The highest BCUT2D eigenvalue weighted by atomic mass is 32.2. The maximum atomic E-state index is 13.6. The average molecular weight is 470 g/mol. The number of aliphatic imine (C=N–C) groups is 1. The van der Waals surface area contributed by atoms with Crippen LogP contribution in [0.4, 0.5) is 4.39 Å². The highest BCUT2D eigenvalue weighted by Gasteiger charge is 2.36. The van der Waals surface area contributed by atoms with Crippen molar-refractivity contribution in [2.75, 3.05) is 13.1 Å². The second-order valence-corrected chi connectivity index (χ2v) is 11.5. The molecule has 7 heteroatoms. The fourth-order valence-corrected chi connectivity index (χ4v) is 6.80. The molecular formula is C26H32FN3O2S. The van der Waals surface area contributed by atoms with Gasteiger partial charge in [0.2, 0.25) is 10.0 Å². The van der Waals surface area contributed by atoms with Crippen molar-refractivity contribution in [1.29, 1.82) is 0 Å². The fourth-order valence-electron chi connectivity index (χ4n) is 5.67. The summed E-state index contributed by atoms with van der Waals surface area (Å²) in [7, 11) is -3.43. The van der Waals surface area contributed by atoms with Crippen LogP contribution in [0.3, 0.4) is 0 Å². The van der Waals surface area contributed by atoms with Gasteiger partial charge in [-0.1, -0.05) is 24.3 Å². The normalized spacial score (nSPS) is 28.2. The maximum Gasteiger partial charge on any atom is 0.240 e. The van der Waals surface area contributed by atoms with E-state index in [4.69, 9.17) is 4.99 Å². The smallest absolute Gasteiger partial charge is 0.240 e. The minimum atomic E-state index is -3.43. The standard InChI is InChI=1S/C26H32FN3O2S/c27-21-11-12-23-20(14-21)10-13-25-24(23)15-26(30-25)28-16-18-6-8-19(9-7-18)17-29-33(31,32)22-4-2-1-3-5-22/h1-5,11-12,14,18-19,24-25,29H,6-10,13,15-17H2,(H,28,30)/t18?,19?,24-,25+/m0/s1. The predicted octanol–water partition coefficient (Wildman–Crippen LogP) is 4.40. The lowest BCUT2D eigenvalue weighted by atomic mass is 9.80. The van der Waals surface area contributed by atoms with Gasteiger partial charge >= 0.3 is 0 Å². The molecule has 2 aromatic rings. The molecule has 0 radical (unpaired) electrons. The van der Waals surface area contributed by atoms with Crippen molar-refractivity contribution in [3.05, 3.63) is 65.5 Å². The average Bonchev–Trinajstić information content (AvgIpc) is 3.26. The fraction of sp³-hybridized carbons (Fsp3) is 0.500. The second kappa shape index (κ2) is 9.55. The molecule has 1 saturated carbocycles. The molecule has 33 heavy (non-hydrogen) atoms. The largest absolute Gasteiger partial charge is 0.370 e. The lowest BCUT2D eigenvalue weighted by Gasteiger charge is -2.28. The summed E-state index contributed by atoms with van der Waals surface area (Å²) in [5.41, 5.74) is 2.43. The zero-order valence-electron chi connectivity index (χ0n) is 18.8. The molecule has 176 valence electrons. The van der Waals surface area contributed by atoms with Gasteiger partial charge in [-0.2, -0.15) is 0 Å². The van der Waals surface area contributed by atoms with Gasteiger partial charge in [0.05, 0.1) is 10.7 Å². The number of aryl methyl sites for hydroxylation is 1. The van der Waals surface area contributed by atoms with Gasteiger partial charge in [0.1, 0.15) is 5.82 Å². The summed E-state index contributed by atoms with van der Waals surface area (Å²) in [6, 6.07) is 14.2. The molecule has 0 bridgehead atoms. The molecule has 0 aromatic heterocycles. The minimum absolute atomic E-state index is 0.143. The first-order chi connectivity index (χ1) is 16.0. The molecule has 2 N–H and O–H groups in total. The van der Waals surface area contributed by atoms with Gasteiger partial charge in [0.15, 0.2) is 0 Å². The number of rotatable bonds is 6. The van der Waals surface area contributed by atoms with Gasteiger partial charge in [-0.05, 0) is 85.8 Å². The Kier molecular flexibility index (Phi) is 6.52. The van der Waals surface area contributed by atoms with E-state index >= 15 is 0 Å². The Labute approximate surface area is 196 Å². The molecule has 2 aromatic carbocycles. The van der Waals surface area contributed by atoms with Crippen molar-refractivity contribution in [3.8, 4) is 0 Å². The molecule has 1 heterocycles. The van der Waals surface area contributed by atoms with Gasteiger partial charge in [0.25, 0.3) is 0 Å². The molecule has 1 saturated heterocycles. The Balaban J connectivity index is 1.09. The SMILES string of the molecule is O=S(=O)(NCC1CCC(CN=C2C[C@H]3c4ccc(F)cc4CC[C@H]3N2)CC1)c1ccccc1. The lowest BCUT2D eigenvalue weighted by molar-refractivity contribution is 0.280. The van der Waals surface area contributed by atoms with Gasteiger partial charge in [-0.15, -0.1) is 0 Å². The summed E-state index contributed by atoms with van der Waals surface area (Å²) in [4.78, 5) is 5.26. The van der Waals surface area contributed by atoms with Crippen LogP contribution in [0.15, 0.2) is 58.4 Å². The molecule has 3 aliphatic rings. The quantitative estimate of drug-likeness (QED) is 0.659. The number of amidine groups is 1. The lowest BCUT2D eigenvalue weighted by Crippen LogP contribution is -2.32. The van der Waals surface area contributed by atoms with E-state index in [1.54, 1.807) is 36.4 Å². The molecule has 2 atom stereocenters. The summed E-state index contributed by atoms with van der Waals surface area (Å²) in [5, 5.41) is 3.63. The van der Waals surface area contributed by atoms with Crippen molar-refractivity contribution in [2.24, 2.45) is 16.8 Å². The third-order valence-corrected chi connectivity index (χ3v) is 9.04. The third-order valence-electron chi connectivity index (χ3n) is 7.60. The number of benzene rings is 2. The summed E-state index contributed by atoms with van der Waals surface area (Å²) in [5.74, 6) is 2.30. The molecule has 5 rings (SSSR count). The van der Waals surface area contributed by atoms with Crippen LogP contribution in [0.25, 0.3) is 0 Å². The van der Waals surface area contributed by atoms with Crippen LogP contribution in [-0.4, -0.2) is 33.4 Å². The predicted molar refractivity (Wildman–Crippen MR) is 128 cm³/mol. The van der Waals surface area contributed by atoms with Crippen LogP contribution in [0, 0.1) is 17.7 Å². The molecule has 1 aliphatic heterocycles. The van der Waals surface area contributed by atoms with Gasteiger partial charge in [0, 0.05) is 31.5 Å². The molecule has 0 spiro atoms. The summed E-state index contributed by atoms with van der Waals surface area (Å²) < 4.78 is 41.2. The van der Waals surface area contributed by atoms with E-state index in [1.807, 2.05) is 12.1 Å². The van der Waals surface area contributed by atoms with Crippen molar-refractivity contribution in [1.82, 2.24) is 10.0 Å². The van der Waals surface area contributed by atoms with Gasteiger partial charge in [-0.3, -0.25) is 4.99 Å². The minimum Gasteiger partial charge on any atom is -0.370 e. The number of halogens is 1.